The maximum Gasteiger partial charge on any atom is 0.119 e. The van der Waals surface area contributed by atoms with Gasteiger partial charge in [0.05, 0.1) is 0 Å². The van der Waals surface area contributed by atoms with Crippen molar-refractivity contribution in [1.29, 1.82) is 0 Å². The Balaban J connectivity index is 1.70. The molecule has 0 aromatic heterocycles. The zero-order valence-corrected chi connectivity index (χ0v) is 10.5. The molecule has 2 nitrogen and oxygen atoms in total. The summed E-state index contributed by atoms with van der Waals surface area (Å²) in [6, 6.07) is 8.40. The van der Waals surface area contributed by atoms with E-state index >= 15 is 0 Å². The van der Waals surface area contributed by atoms with Gasteiger partial charge >= 0.3 is 0 Å². The van der Waals surface area contributed by atoms with Gasteiger partial charge in [0.1, 0.15) is 12.4 Å². The summed E-state index contributed by atoms with van der Waals surface area (Å²) >= 11 is 0. The quantitative estimate of drug-likeness (QED) is 0.747. The third-order valence-electron chi connectivity index (χ3n) is 3.26. The molecule has 1 aliphatic rings. The Hall–Kier alpha value is -1.02. The lowest BCUT2D eigenvalue weighted by atomic mass is 10.1. The van der Waals surface area contributed by atoms with Gasteiger partial charge in [0.2, 0.25) is 0 Å². The van der Waals surface area contributed by atoms with Crippen molar-refractivity contribution in [2.24, 2.45) is 0 Å². The lowest BCUT2D eigenvalue weighted by Crippen LogP contribution is -2.25. The van der Waals surface area contributed by atoms with E-state index in [0.717, 1.165) is 31.7 Å². The average molecular weight is 232 g/mol. The maximum absolute atomic E-state index is 5.74. The molecule has 1 fully saturated rings. The van der Waals surface area contributed by atoms with Gasteiger partial charge in [-0.2, -0.15) is 0 Å². The van der Waals surface area contributed by atoms with Gasteiger partial charge in [-0.05, 0) is 56.5 Å². The van der Waals surface area contributed by atoms with Crippen molar-refractivity contribution in [2.75, 3.05) is 26.2 Å². The standard InChI is InChI=1S/C15H22NO/c1-2-5-14-6-8-15(9-7-14)17-13-12-16-10-3-4-11-16/h6-9H,1-5,10-13H2. The van der Waals surface area contributed by atoms with E-state index in [0.29, 0.717) is 0 Å². The van der Waals surface area contributed by atoms with Crippen molar-refractivity contribution in [3.8, 4) is 5.75 Å². The highest BCUT2D eigenvalue weighted by Crippen LogP contribution is 2.13. The van der Waals surface area contributed by atoms with Gasteiger partial charge in [-0.1, -0.05) is 19.1 Å². The summed E-state index contributed by atoms with van der Waals surface area (Å²) in [6.07, 6.45) is 4.70. The normalized spacial score (nSPS) is 16.3. The minimum Gasteiger partial charge on any atom is -0.492 e. The van der Waals surface area contributed by atoms with Crippen molar-refractivity contribution >= 4 is 0 Å². The molecule has 1 saturated heterocycles. The van der Waals surface area contributed by atoms with Crippen molar-refractivity contribution in [2.45, 2.75) is 25.7 Å². The first-order chi connectivity index (χ1) is 8.38. The van der Waals surface area contributed by atoms with Gasteiger partial charge in [0, 0.05) is 6.54 Å². The topological polar surface area (TPSA) is 12.5 Å². The Morgan fingerprint density at radius 2 is 1.82 bits per heavy atom. The van der Waals surface area contributed by atoms with Gasteiger partial charge in [0.15, 0.2) is 0 Å². The molecule has 0 amide bonds. The molecular weight excluding hydrogens is 210 g/mol. The molecule has 17 heavy (non-hydrogen) atoms. The van der Waals surface area contributed by atoms with E-state index in [1.807, 2.05) is 0 Å². The Bertz CT molecular complexity index is 314. The van der Waals surface area contributed by atoms with E-state index in [1.165, 1.54) is 31.5 Å². The van der Waals surface area contributed by atoms with Crippen LogP contribution in [0.5, 0.6) is 5.75 Å². The fourth-order valence-corrected chi connectivity index (χ4v) is 2.26. The summed E-state index contributed by atoms with van der Waals surface area (Å²) in [5, 5.41) is 0. The number of hydrogen-bond donors (Lipinski definition) is 0. The van der Waals surface area contributed by atoms with Gasteiger partial charge in [-0.25, -0.2) is 0 Å². The lowest BCUT2D eigenvalue weighted by molar-refractivity contribution is 0.238. The highest BCUT2D eigenvalue weighted by Gasteiger charge is 2.10. The smallest absolute Gasteiger partial charge is 0.119 e. The Morgan fingerprint density at radius 1 is 1.12 bits per heavy atom. The van der Waals surface area contributed by atoms with Crippen LogP contribution in [0.15, 0.2) is 24.3 Å². The number of likely N-dealkylation sites (tertiary alicyclic amines) is 1. The SMILES string of the molecule is [CH2]CCc1ccc(OCCN2CCCC2)cc1. The zero-order chi connectivity index (χ0) is 11.9. The van der Waals surface area contributed by atoms with Crippen LogP contribution < -0.4 is 4.74 Å². The zero-order valence-electron chi connectivity index (χ0n) is 10.5. The van der Waals surface area contributed by atoms with Crippen LogP contribution in [0.25, 0.3) is 0 Å². The number of ether oxygens (including phenoxy) is 1. The molecule has 1 aromatic carbocycles. The average Bonchev–Trinajstić information content (AvgIpc) is 2.85. The Morgan fingerprint density at radius 3 is 2.47 bits per heavy atom. The predicted octanol–water partition coefficient (Wildman–Crippen LogP) is 2.93. The molecule has 0 bridgehead atoms. The first-order valence-corrected chi connectivity index (χ1v) is 6.62. The van der Waals surface area contributed by atoms with E-state index < -0.39 is 0 Å². The van der Waals surface area contributed by atoms with Crippen LogP contribution in [0.3, 0.4) is 0 Å². The molecule has 0 spiro atoms. The molecule has 2 rings (SSSR count). The molecule has 0 aliphatic carbocycles. The second-order valence-corrected chi connectivity index (χ2v) is 4.64. The third-order valence-corrected chi connectivity index (χ3v) is 3.26. The van der Waals surface area contributed by atoms with E-state index in [4.69, 9.17) is 4.74 Å². The molecule has 0 unspecified atom stereocenters. The minimum absolute atomic E-state index is 0.800. The summed E-state index contributed by atoms with van der Waals surface area (Å²) in [7, 11) is 0. The van der Waals surface area contributed by atoms with Crippen LogP contribution in [0, 0.1) is 6.92 Å². The number of benzene rings is 1. The fraction of sp³-hybridized carbons (Fsp3) is 0.533. The van der Waals surface area contributed by atoms with E-state index in [-0.39, 0.29) is 0 Å². The summed E-state index contributed by atoms with van der Waals surface area (Å²) in [5.41, 5.74) is 1.34. The van der Waals surface area contributed by atoms with Crippen LogP contribution in [0.1, 0.15) is 24.8 Å². The number of hydrogen-bond acceptors (Lipinski definition) is 2. The van der Waals surface area contributed by atoms with Crippen molar-refractivity contribution < 1.29 is 4.74 Å². The molecule has 2 heteroatoms. The Labute approximate surface area is 105 Å². The third kappa shape index (κ3) is 4.04. The molecule has 1 heterocycles. The van der Waals surface area contributed by atoms with Gasteiger partial charge in [0.25, 0.3) is 0 Å². The molecule has 1 aliphatic heterocycles. The van der Waals surface area contributed by atoms with Crippen molar-refractivity contribution in [1.82, 2.24) is 4.90 Å². The van der Waals surface area contributed by atoms with Crippen LogP contribution in [0.2, 0.25) is 0 Å². The second kappa shape index (κ2) is 6.65. The number of rotatable bonds is 6. The fourth-order valence-electron chi connectivity index (χ4n) is 2.26. The van der Waals surface area contributed by atoms with E-state index in [2.05, 4.69) is 36.1 Å². The van der Waals surface area contributed by atoms with Crippen LogP contribution in [-0.4, -0.2) is 31.1 Å². The molecule has 1 aromatic rings. The Kier molecular flexibility index (Phi) is 4.87. The predicted molar refractivity (Wildman–Crippen MR) is 71.3 cm³/mol. The second-order valence-electron chi connectivity index (χ2n) is 4.64. The lowest BCUT2D eigenvalue weighted by Gasteiger charge is -2.15. The van der Waals surface area contributed by atoms with Gasteiger partial charge in [-0.3, -0.25) is 4.90 Å². The highest BCUT2D eigenvalue weighted by molar-refractivity contribution is 5.27. The monoisotopic (exact) mass is 232 g/mol. The number of aryl methyl sites for hydroxylation is 1. The van der Waals surface area contributed by atoms with Gasteiger partial charge < -0.3 is 4.74 Å². The first kappa shape index (κ1) is 12.4. The largest absolute Gasteiger partial charge is 0.492 e. The summed E-state index contributed by atoms with van der Waals surface area (Å²) in [4.78, 5) is 2.47. The number of nitrogens with zero attached hydrogens (tertiary/aromatic N) is 1. The van der Waals surface area contributed by atoms with E-state index in [9.17, 15) is 0 Å². The van der Waals surface area contributed by atoms with E-state index in [1.54, 1.807) is 0 Å². The van der Waals surface area contributed by atoms with Crippen molar-refractivity contribution in [3.05, 3.63) is 36.8 Å². The molecule has 1 radical (unpaired) electrons. The molecule has 93 valence electrons. The highest BCUT2D eigenvalue weighted by atomic mass is 16.5. The van der Waals surface area contributed by atoms with Crippen LogP contribution >= 0.6 is 0 Å². The van der Waals surface area contributed by atoms with Gasteiger partial charge in [-0.15, -0.1) is 0 Å². The minimum atomic E-state index is 0.800. The van der Waals surface area contributed by atoms with Crippen LogP contribution in [-0.2, 0) is 6.42 Å². The van der Waals surface area contributed by atoms with Crippen LogP contribution in [0.4, 0.5) is 0 Å². The molecule has 0 atom stereocenters. The maximum atomic E-state index is 5.74. The summed E-state index contributed by atoms with van der Waals surface area (Å²) in [6.45, 7) is 8.20. The van der Waals surface area contributed by atoms with Crippen molar-refractivity contribution in [3.63, 3.8) is 0 Å². The molecule has 0 saturated carbocycles. The first-order valence-electron chi connectivity index (χ1n) is 6.62. The summed E-state index contributed by atoms with van der Waals surface area (Å²) in [5.74, 6) is 0.983. The molecule has 0 N–H and O–H groups in total. The summed E-state index contributed by atoms with van der Waals surface area (Å²) < 4.78 is 5.74. The molecular formula is C15H22NO.